The third-order valence-electron chi connectivity index (χ3n) is 2.02. The van der Waals surface area contributed by atoms with E-state index < -0.39 is 13.5 Å². The fourth-order valence-corrected chi connectivity index (χ4v) is 1.70. The van der Waals surface area contributed by atoms with E-state index in [1.807, 2.05) is 12.0 Å². The number of hydrogen-bond acceptors (Lipinski definition) is 2. The summed E-state index contributed by atoms with van der Waals surface area (Å²) in [6, 6.07) is 0. The van der Waals surface area contributed by atoms with E-state index in [2.05, 4.69) is 13.8 Å². The fourth-order valence-electron chi connectivity index (χ4n) is 1.29. The molecule has 0 aromatic heterocycles. The molecule has 5 N–H and O–H groups in total. The van der Waals surface area contributed by atoms with E-state index in [4.69, 9.17) is 11.0 Å². The van der Waals surface area contributed by atoms with Crippen molar-refractivity contribution in [3.8, 4) is 0 Å². The smallest absolute Gasteiger partial charge is 0.280 e. The van der Waals surface area contributed by atoms with Crippen LogP contribution in [0.4, 0.5) is 0 Å². The molecule has 94 valence electrons. The van der Waals surface area contributed by atoms with Gasteiger partial charge in [-0.3, -0.25) is 25.5 Å². The number of rotatable bonds is 6. The number of amides is 1. The minimum absolute atomic E-state index is 0.490. The Hall–Kier alpha value is -0.640. The molecule has 5 nitrogen and oxygen atoms in total. The van der Waals surface area contributed by atoms with Gasteiger partial charge in [-0.1, -0.05) is 25.8 Å². The molecule has 0 spiro atoms. The quantitative estimate of drug-likeness (QED) is 0.493. The lowest BCUT2D eigenvalue weighted by Gasteiger charge is -2.07. The molecule has 0 aliphatic rings. The number of nitrogens with two attached hydrogens (primary N) is 2. The van der Waals surface area contributed by atoms with Gasteiger partial charge in [0.1, 0.15) is 0 Å². The maximum absolute atomic E-state index is 11.2. The molecule has 0 saturated heterocycles. The second-order valence-electron chi connectivity index (χ2n) is 4.46. The van der Waals surface area contributed by atoms with Gasteiger partial charge in [0.25, 0.3) is 5.91 Å². The van der Waals surface area contributed by atoms with Crippen molar-refractivity contribution in [2.45, 2.75) is 40.0 Å². The van der Waals surface area contributed by atoms with E-state index in [-0.39, 0.29) is 0 Å². The van der Waals surface area contributed by atoms with Gasteiger partial charge in [-0.05, 0) is 25.7 Å². The first-order valence-corrected chi connectivity index (χ1v) is 7.22. The SMILES string of the molecule is CC(=CC(=O)NP(N)(N)=O)CCCC(C)C. The molecule has 0 heterocycles. The Morgan fingerprint density at radius 1 is 1.44 bits per heavy atom. The second-order valence-corrected chi connectivity index (χ2v) is 6.10. The minimum Gasteiger partial charge on any atom is -0.280 e. The molecule has 0 atom stereocenters. The van der Waals surface area contributed by atoms with Gasteiger partial charge < -0.3 is 0 Å². The van der Waals surface area contributed by atoms with Gasteiger partial charge in [0.05, 0.1) is 0 Å². The van der Waals surface area contributed by atoms with E-state index in [1.54, 1.807) is 0 Å². The molecule has 0 saturated carbocycles. The van der Waals surface area contributed by atoms with Crippen LogP contribution in [-0.4, -0.2) is 5.91 Å². The van der Waals surface area contributed by atoms with E-state index in [9.17, 15) is 9.36 Å². The average Bonchev–Trinajstić information content (AvgIpc) is 1.98. The molecule has 0 fully saturated rings. The summed E-state index contributed by atoms with van der Waals surface area (Å²) in [6.45, 7) is 6.17. The van der Waals surface area contributed by atoms with Crippen molar-refractivity contribution in [1.82, 2.24) is 5.09 Å². The van der Waals surface area contributed by atoms with Crippen LogP contribution in [0.2, 0.25) is 0 Å². The lowest BCUT2D eigenvalue weighted by molar-refractivity contribution is -0.114. The molecule has 0 aromatic carbocycles. The lowest BCUT2D eigenvalue weighted by Crippen LogP contribution is -2.27. The molecule has 0 rings (SSSR count). The molecule has 0 unspecified atom stereocenters. The zero-order chi connectivity index (χ0) is 12.8. The monoisotopic (exact) mass is 247 g/mol. The summed E-state index contributed by atoms with van der Waals surface area (Å²) >= 11 is 0. The van der Waals surface area contributed by atoms with Gasteiger partial charge in [-0.2, -0.15) is 0 Å². The second kappa shape index (κ2) is 6.84. The number of nitrogens with one attached hydrogen (secondary N) is 1. The van der Waals surface area contributed by atoms with Crippen molar-refractivity contribution < 1.29 is 9.36 Å². The van der Waals surface area contributed by atoms with Gasteiger partial charge in [0.15, 0.2) is 0 Å². The summed E-state index contributed by atoms with van der Waals surface area (Å²) < 4.78 is 10.9. The first-order valence-electron chi connectivity index (χ1n) is 5.37. The normalized spacial score (nSPS) is 13.0. The summed E-state index contributed by atoms with van der Waals surface area (Å²) in [7, 11) is -3.46. The van der Waals surface area contributed by atoms with Crippen LogP contribution < -0.4 is 16.1 Å². The summed E-state index contributed by atoms with van der Waals surface area (Å²) in [6.07, 6.45) is 4.41. The zero-order valence-corrected chi connectivity index (χ0v) is 11.1. The van der Waals surface area contributed by atoms with Crippen LogP contribution >= 0.6 is 7.59 Å². The number of carbonyl (C=O) groups excluding carboxylic acids is 1. The average molecular weight is 247 g/mol. The highest BCUT2D eigenvalue weighted by Crippen LogP contribution is 2.17. The highest BCUT2D eigenvalue weighted by atomic mass is 31.2. The summed E-state index contributed by atoms with van der Waals surface area (Å²) in [5, 5.41) is 2.05. The summed E-state index contributed by atoms with van der Waals surface area (Å²) in [4.78, 5) is 11.2. The predicted molar refractivity (Wildman–Crippen MR) is 66.6 cm³/mol. The Balaban J connectivity index is 4.02. The Kier molecular flexibility index (Phi) is 6.56. The van der Waals surface area contributed by atoms with Crippen molar-refractivity contribution in [1.29, 1.82) is 0 Å². The predicted octanol–water partition coefficient (Wildman–Crippen LogP) is 1.90. The van der Waals surface area contributed by atoms with Gasteiger partial charge in [-0.15, -0.1) is 0 Å². The molecule has 16 heavy (non-hydrogen) atoms. The fraction of sp³-hybridized carbons (Fsp3) is 0.700. The van der Waals surface area contributed by atoms with Crippen LogP contribution in [-0.2, 0) is 9.36 Å². The maximum Gasteiger partial charge on any atom is 0.300 e. The van der Waals surface area contributed by atoms with E-state index in [0.29, 0.717) is 5.92 Å². The van der Waals surface area contributed by atoms with Crippen molar-refractivity contribution in [3.63, 3.8) is 0 Å². The highest BCUT2D eigenvalue weighted by molar-refractivity contribution is 7.57. The van der Waals surface area contributed by atoms with Crippen LogP contribution in [0.15, 0.2) is 11.6 Å². The first kappa shape index (κ1) is 15.4. The van der Waals surface area contributed by atoms with Crippen LogP contribution in [0.25, 0.3) is 0 Å². The van der Waals surface area contributed by atoms with Gasteiger partial charge in [0.2, 0.25) is 0 Å². The molecule has 0 aliphatic heterocycles. The van der Waals surface area contributed by atoms with Crippen molar-refractivity contribution in [3.05, 3.63) is 11.6 Å². The minimum atomic E-state index is -3.46. The van der Waals surface area contributed by atoms with Crippen LogP contribution in [0, 0.1) is 5.92 Å². The van der Waals surface area contributed by atoms with Gasteiger partial charge in [-0.25, -0.2) is 0 Å². The first-order chi connectivity index (χ1) is 7.20. The lowest BCUT2D eigenvalue weighted by atomic mass is 10.0. The maximum atomic E-state index is 11.2. The van der Waals surface area contributed by atoms with Crippen molar-refractivity contribution >= 4 is 13.5 Å². The van der Waals surface area contributed by atoms with E-state index in [0.717, 1.165) is 24.8 Å². The molecule has 0 radical (unpaired) electrons. The molecule has 0 aromatic rings. The molecule has 6 heteroatoms. The number of carbonyl (C=O) groups is 1. The van der Waals surface area contributed by atoms with Gasteiger partial charge >= 0.3 is 7.59 Å². The Morgan fingerprint density at radius 3 is 2.44 bits per heavy atom. The molecular weight excluding hydrogens is 225 g/mol. The summed E-state index contributed by atoms with van der Waals surface area (Å²) in [5.41, 5.74) is 11.0. The molecule has 0 bridgehead atoms. The standard InChI is InChI=1S/C10H22N3O2P/c1-8(2)5-4-6-9(3)7-10(14)13-16(11,12)15/h7-8H,4-6H2,1-3H3,(H5,11,12,13,14,15). The highest BCUT2D eigenvalue weighted by Gasteiger charge is 2.10. The number of allylic oxidation sites excluding steroid dienone is 1. The van der Waals surface area contributed by atoms with Crippen molar-refractivity contribution in [2.24, 2.45) is 16.9 Å². The largest absolute Gasteiger partial charge is 0.300 e. The third kappa shape index (κ3) is 9.90. The van der Waals surface area contributed by atoms with E-state index >= 15 is 0 Å². The topological polar surface area (TPSA) is 98.2 Å². The summed E-state index contributed by atoms with van der Waals surface area (Å²) in [5.74, 6) is 0.172. The van der Waals surface area contributed by atoms with Crippen molar-refractivity contribution in [2.75, 3.05) is 0 Å². The van der Waals surface area contributed by atoms with Crippen LogP contribution in [0.1, 0.15) is 40.0 Å². The molecule has 1 amide bonds. The third-order valence-corrected chi connectivity index (χ3v) is 2.58. The Morgan fingerprint density at radius 2 is 2.00 bits per heavy atom. The van der Waals surface area contributed by atoms with Gasteiger partial charge in [0, 0.05) is 6.08 Å². The Labute approximate surface area is 97.2 Å². The number of hydrogen-bond donors (Lipinski definition) is 3. The molecule has 0 aliphatic carbocycles. The van der Waals surface area contributed by atoms with Crippen LogP contribution in [0.5, 0.6) is 0 Å². The molecular formula is C10H22N3O2P. The van der Waals surface area contributed by atoms with E-state index in [1.165, 1.54) is 6.08 Å². The zero-order valence-electron chi connectivity index (χ0n) is 10.2. The Bertz CT molecular complexity index is 307. The van der Waals surface area contributed by atoms with Crippen LogP contribution in [0.3, 0.4) is 0 Å².